The molecule has 1 aromatic carbocycles. The Labute approximate surface area is 125 Å². The van der Waals surface area contributed by atoms with E-state index in [0.29, 0.717) is 6.54 Å². The third kappa shape index (κ3) is 2.59. The highest BCUT2D eigenvalue weighted by Gasteiger charge is 2.10. The van der Waals surface area contributed by atoms with Crippen LogP contribution in [0.15, 0.2) is 36.5 Å². The summed E-state index contributed by atoms with van der Waals surface area (Å²) in [5.74, 6) is 0. The van der Waals surface area contributed by atoms with Crippen molar-refractivity contribution in [1.29, 1.82) is 0 Å². The molecule has 2 aromatic heterocycles. The van der Waals surface area contributed by atoms with Crippen molar-refractivity contribution in [3.63, 3.8) is 0 Å². The van der Waals surface area contributed by atoms with Crippen LogP contribution in [0.4, 0.5) is 0 Å². The maximum Gasteiger partial charge on any atom is 0.0645 e. The molecule has 3 aromatic rings. The largest absolute Gasteiger partial charge is 0.341 e. The summed E-state index contributed by atoms with van der Waals surface area (Å²) < 4.78 is 4.38. The summed E-state index contributed by atoms with van der Waals surface area (Å²) in [6.07, 6.45) is 3.15. The van der Waals surface area contributed by atoms with Gasteiger partial charge in [-0.15, -0.1) is 0 Å². The average Bonchev–Trinajstić information content (AvgIpc) is 3.01. The van der Waals surface area contributed by atoms with Gasteiger partial charge in [0.05, 0.1) is 17.9 Å². The number of hydrogen-bond acceptors (Lipinski definition) is 2. The fourth-order valence-electron chi connectivity index (χ4n) is 2.98. The lowest BCUT2D eigenvalue weighted by atomic mass is 10.1. The van der Waals surface area contributed by atoms with Crippen LogP contribution < -0.4 is 5.73 Å². The monoisotopic (exact) mass is 282 g/mol. The number of nitrogens with zero attached hydrogens (tertiary/aromatic N) is 3. The minimum absolute atomic E-state index is 0.681. The number of benzene rings is 1. The summed E-state index contributed by atoms with van der Waals surface area (Å²) >= 11 is 0. The third-order valence-electron chi connectivity index (χ3n) is 3.90. The Kier molecular flexibility index (Phi) is 3.80. The van der Waals surface area contributed by atoms with Crippen molar-refractivity contribution in [2.24, 2.45) is 5.73 Å². The lowest BCUT2D eigenvalue weighted by molar-refractivity contribution is 0.601. The molecule has 0 unspecified atom stereocenters. The molecule has 21 heavy (non-hydrogen) atoms. The van der Waals surface area contributed by atoms with E-state index in [1.54, 1.807) is 0 Å². The number of nitrogens with two attached hydrogens (primary N) is 1. The number of fused-ring (bicyclic) bond motifs is 1. The van der Waals surface area contributed by atoms with Gasteiger partial charge in [0.2, 0.25) is 0 Å². The number of rotatable bonds is 5. The van der Waals surface area contributed by atoms with Gasteiger partial charge in [-0.2, -0.15) is 5.10 Å². The summed E-state index contributed by atoms with van der Waals surface area (Å²) in [5, 5.41) is 5.84. The van der Waals surface area contributed by atoms with Crippen LogP contribution >= 0.6 is 0 Å². The van der Waals surface area contributed by atoms with E-state index >= 15 is 0 Å². The van der Waals surface area contributed by atoms with Crippen molar-refractivity contribution in [2.45, 2.75) is 33.4 Å². The Morgan fingerprint density at radius 3 is 2.81 bits per heavy atom. The molecule has 0 aliphatic carbocycles. The summed E-state index contributed by atoms with van der Waals surface area (Å²) in [7, 11) is 0. The van der Waals surface area contributed by atoms with Gasteiger partial charge in [0.25, 0.3) is 0 Å². The molecule has 2 N–H and O–H groups in total. The molecule has 2 heterocycles. The summed E-state index contributed by atoms with van der Waals surface area (Å²) in [4.78, 5) is 0. The third-order valence-corrected chi connectivity index (χ3v) is 3.90. The highest BCUT2D eigenvalue weighted by atomic mass is 15.3. The van der Waals surface area contributed by atoms with Crippen LogP contribution in [-0.4, -0.2) is 20.9 Å². The van der Waals surface area contributed by atoms with Crippen LogP contribution in [0.3, 0.4) is 0 Å². The maximum absolute atomic E-state index is 5.74. The topological polar surface area (TPSA) is 48.8 Å². The minimum Gasteiger partial charge on any atom is -0.341 e. The molecular formula is C17H22N4. The van der Waals surface area contributed by atoms with E-state index in [-0.39, 0.29) is 0 Å². The minimum atomic E-state index is 0.681. The maximum atomic E-state index is 5.74. The second kappa shape index (κ2) is 5.74. The normalized spacial score (nSPS) is 11.4. The summed E-state index contributed by atoms with van der Waals surface area (Å²) in [6, 6.07) is 10.7. The molecule has 0 bridgehead atoms. The van der Waals surface area contributed by atoms with E-state index in [1.165, 1.54) is 22.2 Å². The van der Waals surface area contributed by atoms with E-state index in [9.17, 15) is 0 Å². The zero-order chi connectivity index (χ0) is 14.8. The molecule has 0 aliphatic heterocycles. The van der Waals surface area contributed by atoms with Crippen molar-refractivity contribution < 1.29 is 0 Å². The number of para-hydroxylation sites is 1. The smallest absolute Gasteiger partial charge is 0.0645 e. The Balaban J connectivity index is 2.04. The first-order valence-electron chi connectivity index (χ1n) is 7.53. The van der Waals surface area contributed by atoms with Gasteiger partial charge in [-0.3, -0.25) is 4.68 Å². The Hall–Kier alpha value is -2.07. The molecular weight excluding hydrogens is 260 g/mol. The van der Waals surface area contributed by atoms with Gasteiger partial charge in [-0.25, -0.2) is 0 Å². The molecule has 0 amide bonds. The van der Waals surface area contributed by atoms with Gasteiger partial charge < -0.3 is 10.3 Å². The molecule has 0 atom stereocenters. The molecule has 110 valence electrons. The summed E-state index contributed by atoms with van der Waals surface area (Å²) in [6.45, 7) is 6.60. The Bertz CT molecular complexity index is 751. The van der Waals surface area contributed by atoms with E-state index in [1.807, 2.05) is 6.92 Å². The molecule has 0 aliphatic rings. The SMILES string of the molecule is CCn1nc(C)cc1Cn1cc(CCN)c2ccccc21. The van der Waals surface area contributed by atoms with Crippen molar-refractivity contribution >= 4 is 10.9 Å². The quantitative estimate of drug-likeness (QED) is 0.782. The fourth-order valence-corrected chi connectivity index (χ4v) is 2.98. The second-order valence-corrected chi connectivity index (χ2v) is 5.43. The second-order valence-electron chi connectivity index (χ2n) is 5.43. The van der Waals surface area contributed by atoms with E-state index < -0.39 is 0 Å². The van der Waals surface area contributed by atoms with Crippen LogP contribution in [-0.2, 0) is 19.5 Å². The molecule has 0 saturated carbocycles. The van der Waals surface area contributed by atoms with Crippen LogP contribution in [0.25, 0.3) is 10.9 Å². The standard InChI is InChI=1S/C17H22N4/c1-3-21-15(10-13(2)19-21)12-20-11-14(8-9-18)16-6-4-5-7-17(16)20/h4-7,10-11H,3,8-9,12,18H2,1-2H3. The first-order valence-corrected chi connectivity index (χ1v) is 7.53. The summed E-state index contributed by atoms with van der Waals surface area (Å²) in [5.41, 5.74) is 10.7. The molecule has 3 rings (SSSR count). The van der Waals surface area contributed by atoms with Crippen molar-refractivity contribution in [1.82, 2.24) is 14.3 Å². The number of aromatic nitrogens is 3. The van der Waals surface area contributed by atoms with Crippen LogP contribution in [0, 0.1) is 6.92 Å². The lowest BCUT2D eigenvalue weighted by Crippen LogP contribution is -2.07. The van der Waals surface area contributed by atoms with Gasteiger partial charge >= 0.3 is 0 Å². The lowest BCUT2D eigenvalue weighted by Gasteiger charge is -2.07. The van der Waals surface area contributed by atoms with Crippen LogP contribution in [0.1, 0.15) is 23.9 Å². The fraction of sp³-hybridized carbons (Fsp3) is 0.353. The first kappa shape index (κ1) is 13.9. The molecule has 0 saturated heterocycles. The van der Waals surface area contributed by atoms with E-state index in [0.717, 1.165) is 25.2 Å². The molecule has 0 fully saturated rings. The zero-order valence-electron chi connectivity index (χ0n) is 12.7. The van der Waals surface area contributed by atoms with Gasteiger partial charge in [0.1, 0.15) is 0 Å². The molecule has 0 spiro atoms. The van der Waals surface area contributed by atoms with Crippen LogP contribution in [0.2, 0.25) is 0 Å². The highest BCUT2D eigenvalue weighted by Crippen LogP contribution is 2.22. The van der Waals surface area contributed by atoms with Crippen molar-refractivity contribution in [3.05, 3.63) is 53.5 Å². The van der Waals surface area contributed by atoms with E-state index in [2.05, 4.69) is 57.8 Å². The van der Waals surface area contributed by atoms with E-state index in [4.69, 9.17) is 5.73 Å². The zero-order valence-corrected chi connectivity index (χ0v) is 12.7. The van der Waals surface area contributed by atoms with Gasteiger partial charge in [0.15, 0.2) is 0 Å². The predicted octanol–water partition coefficient (Wildman–Crippen LogP) is 2.72. The Morgan fingerprint density at radius 1 is 1.24 bits per heavy atom. The molecule has 4 heteroatoms. The predicted molar refractivity (Wildman–Crippen MR) is 86.4 cm³/mol. The number of aryl methyl sites for hydroxylation is 2. The van der Waals surface area contributed by atoms with Crippen LogP contribution in [0.5, 0.6) is 0 Å². The molecule has 4 nitrogen and oxygen atoms in total. The highest BCUT2D eigenvalue weighted by molar-refractivity contribution is 5.84. The first-order chi connectivity index (χ1) is 10.2. The Morgan fingerprint density at radius 2 is 2.05 bits per heavy atom. The molecule has 0 radical (unpaired) electrons. The van der Waals surface area contributed by atoms with Gasteiger partial charge in [-0.1, -0.05) is 18.2 Å². The van der Waals surface area contributed by atoms with Crippen molar-refractivity contribution in [2.75, 3.05) is 6.54 Å². The van der Waals surface area contributed by atoms with Crippen molar-refractivity contribution in [3.8, 4) is 0 Å². The average molecular weight is 282 g/mol. The van der Waals surface area contributed by atoms with Gasteiger partial charge in [0, 0.05) is 23.6 Å². The van der Waals surface area contributed by atoms with Gasteiger partial charge in [-0.05, 0) is 44.5 Å². The number of hydrogen-bond donors (Lipinski definition) is 1.